The Morgan fingerprint density at radius 3 is 2.18 bits per heavy atom. The van der Waals surface area contributed by atoms with E-state index >= 15 is 0 Å². The highest BCUT2D eigenvalue weighted by Gasteiger charge is 2.33. The zero-order chi connectivity index (χ0) is 17.4. The van der Waals surface area contributed by atoms with Crippen LogP contribution in [0.5, 0.6) is 0 Å². The van der Waals surface area contributed by atoms with Crippen molar-refractivity contribution in [3.8, 4) is 11.8 Å². The van der Waals surface area contributed by atoms with Crippen molar-refractivity contribution in [1.82, 2.24) is 0 Å². The fourth-order valence-corrected chi connectivity index (χ4v) is 4.28. The Morgan fingerprint density at radius 2 is 1.77 bits per heavy atom. The van der Waals surface area contributed by atoms with E-state index in [-0.39, 0.29) is 21.0 Å². The number of hydrogen-bond acceptors (Lipinski definition) is 3. The number of rotatable bonds is 10. The second-order valence-corrected chi connectivity index (χ2v) is 9.16. The largest absolute Gasteiger partial charge is 0.370 e. The first-order valence-electron chi connectivity index (χ1n) is 8.08. The van der Waals surface area contributed by atoms with E-state index in [4.69, 9.17) is 10.5 Å². The summed E-state index contributed by atoms with van der Waals surface area (Å²) in [5.41, 5.74) is 4.99. The lowest BCUT2D eigenvalue weighted by Crippen LogP contribution is -2.34. The predicted octanol–water partition coefficient (Wildman–Crippen LogP) is 4.14. The van der Waals surface area contributed by atoms with E-state index in [1.807, 2.05) is 25.6 Å². The van der Waals surface area contributed by atoms with Gasteiger partial charge >= 0.3 is 0 Å². The predicted molar refractivity (Wildman–Crippen MR) is 96.9 cm³/mol. The summed E-state index contributed by atoms with van der Waals surface area (Å²) in [5, 5.41) is 0. The third-order valence-corrected chi connectivity index (χ3v) is 5.67. The van der Waals surface area contributed by atoms with Gasteiger partial charge in [-0.3, -0.25) is 4.79 Å². The molecule has 22 heavy (non-hydrogen) atoms. The van der Waals surface area contributed by atoms with Gasteiger partial charge in [-0.2, -0.15) is 0 Å². The number of carbonyl (C=O) groups excluding carboxylic acids is 1. The van der Waals surface area contributed by atoms with Gasteiger partial charge in [-0.1, -0.05) is 40.5 Å². The molecule has 0 aliphatic heterocycles. The Hall–Kier alpha value is -0.660. The summed E-state index contributed by atoms with van der Waals surface area (Å²) in [7, 11) is 0. The van der Waals surface area contributed by atoms with Crippen molar-refractivity contribution in [2.75, 3.05) is 6.61 Å². The summed E-state index contributed by atoms with van der Waals surface area (Å²) in [6.07, 6.45) is 3.21. The Kier molecular flexibility index (Phi) is 8.57. The highest BCUT2D eigenvalue weighted by Crippen LogP contribution is 2.43. The van der Waals surface area contributed by atoms with E-state index in [0.29, 0.717) is 13.0 Å². The topological polar surface area (TPSA) is 52.3 Å². The molecule has 0 saturated carbocycles. The van der Waals surface area contributed by atoms with Crippen molar-refractivity contribution in [1.29, 1.82) is 0 Å². The number of ether oxygens (including phenoxy) is 1. The normalized spacial score (nSPS) is 17.0. The molecule has 2 atom stereocenters. The van der Waals surface area contributed by atoms with Crippen molar-refractivity contribution in [3.05, 3.63) is 0 Å². The van der Waals surface area contributed by atoms with Crippen LogP contribution in [0.2, 0.25) is 0 Å². The van der Waals surface area contributed by atoms with Crippen molar-refractivity contribution < 1.29 is 9.53 Å². The molecular weight excluding hydrogens is 294 g/mol. The van der Waals surface area contributed by atoms with Gasteiger partial charge in [0.15, 0.2) is 0 Å². The molecular formula is C18H33NO2S. The first-order valence-corrected chi connectivity index (χ1v) is 8.89. The zero-order valence-electron chi connectivity index (χ0n) is 15.3. The van der Waals surface area contributed by atoms with E-state index in [1.165, 1.54) is 0 Å². The molecule has 0 heterocycles. The molecule has 0 aromatic carbocycles. The van der Waals surface area contributed by atoms with Gasteiger partial charge in [-0.25, -0.2) is 0 Å². The van der Waals surface area contributed by atoms with Gasteiger partial charge in [-0.05, 0) is 33.1 Å². The number of amides is 1. The fraction of sp³-hybridized carbons (Fsp3) is 0.833. The van der Waals surface area contributed by atoms with Crippen LogP contribution in [-0.4, -0.2) is 27.6 Å². The first-order chi connectivity index (χ1) is 10.0. The van der Waals surface area contributed by atoms with E-state index in [2.05, 4.69) is 46.5 Å². The molecule has 2 N–H and O–H groups in total. The van der Waals surface area contributed by atoms with E-state index in [0.717, 1.165) is 19.3 Å². The van der Waals surface area contributed by atoms with Crippen LogP contribution in [0.25, 0.3) is 0 Å². The number of hydrogen-bond donors (Lipinski definition) is 1. The Morgan fingerprint density at radius 1 is 1.18 bits per heavy atom. The lowest BCUT2D eigenvalue weighted by Gasteiger charge is -2.37. The maximum atomic E-state index is 11.2. The van der Waals surface area contributed by atoms with Gasteiger partial charge in [0, 0.05) is 22.5 Å². The maximum Gasteiger partial charge on any atom is 0.218 e. The van der Waals surface area contributed by atoms with Crippen LogP contribution in [0.1, 0.15) is 74.1 Å². The van der Waals surface area contributed by atoms with Gasteiger partial charge in [-0.15, -0.1) is 17.7 Å². The van der Waals surface area contributed by atoms with Crippen LogP contribution in [0, 0.1) is 11.8 Å². The van der Waals surface area contributed by atoms with Crippen LogP contribution in [-0.2, 0) is 9.53 Å². The van der Waals surface area contributed by atoms with Gasteiger partial charge in [0.2, 0.25) is 5.91 Å². The van der Waals surface area contributed by atoms with Crippen molar-refractivity contribution in [2.45, 2.75) is 89.2 Å². The van der Waals surface area contributed by atoms with E-state index in [9.17, 15) is 4.79 Å². The lowest BCUT2D eigenvalue weighted by atomic mass is 10.0. The molecule has 0 aromatic rings. The third kappa shape index (κ3) is 8.10. The van der Waals surface area contributed by atoms with Gasteiger partial charge in [0.05, 0.1) is 0 Å². The highest BCUT2D eigenvalue weighted by atomic mass is 32.2. The molecule has 0 aromatic heterocycles. The second-order valence-electron chi connectivity index (χ2n) is 6.87. The molecule has 3 nitrogen and oxygen atoms in total. The smallest absolute Gasteiger partial charge is 0.218 e. The first kappa shape index (κ1) is 21.3. The van der Waals surface area contributed by atoms with Gasteiger partial charge in [0.25, 0.3) is 0 Å². The number of primary amides is 1. The maximum absolute atomic E-state index is 11.2. The Balaban J connectivity index is 4.68. The van der Waals surface area contributed by atoms with Crippen molar-refractivity contribution in [3.63, 3.8) is 0 Å². The Bertz CT molecular complexity index is 425. The van der Waals surface area contributed by atoms with Gasteiger partial charge in [0.1, 0.15) is 5.60 Å². The zero-order valence-corrected chi connectivity index (χ0v) is 16.2. The minimum atomic E-state index is -0.364. The molecule has 0 radical (unpaired) electrons. The monoisotopic (exact) mass is 327 g/mol. The van der Waals surface area contributed by atoms with Gasteiger partial charge < -0.3 is 10.5 Å². The van der Waals surface area contributed by atoms with E-state index < -0.39 is 0 Å². The number of nitrogens with two attached hydrogens (primary N) is 1. The minimum Gasteiger partial charge on any atom is -0.370 e. The van der Waals surface area contributed by atoms with Crippen LogP contribution in [0.4, 0.5) is 0 Å². The molecule has 128 valence electrons. The summed E-state index contributed by atoms with van der Waals surface area (Å²) in [4.78, 5) is 11.2. The molecule has 0 spiro atoms. The quantitative estimate of drug-likeness (QED) is 0.614. The molecule has 0 saturated heterocycles. The summed E-state index contributed by atoms with van der Waals surface area (Å²) in [6, 6.07) is 0. The average molecular weight is 328 g/mol. The molecule has 0 aliphatic rings. The van der Waals surface area contributed by atoms with Crippen LogP contribution >= 0.6 is 11.8 Å². The number of carbonyl (C=O) groups is 1. The third-order valence-electron chi connectivity index (χ3n) is 3.99. The molecule has 0 bridgehead atoms. The molecule has 0 rings (SSSR count). The summed E-state index contributed by atoms with van der Waals surface area (Å²) in [5.74, 6) is 5.85. The standard InChI is InChI=1S/C18H33NO2S/c1-8-11-17(6,9-2)21-13-12-18(7,10-3)22-16(4,5)14-15(19)20/h9-10,12-14H2,1-7H3,(H2,19,20). The molecule has 2 unspecified atom stereocenters. The Labute approximate surface area is 141 Å². The molecule has 0 aliphatic carbocycles. The van der Waals surface area contributed by atoms with Crippen LogP contribution in [0.3, 0.4) is 0 Å². The SMILES string of the molecule is CC#CC(C)(CC)OCCC(C)(CC)SC(C)(C)CC(N)=O. The van der Waals surface area contributed by atoms with Crippen molar-refractivity contribution in [2.24, 2.45) is 5.73 Å². The van der Waals surface area contributed by atoms with Crippen molar-refractivity contribution >= 4 is 17.7 Å². The highest BCUT2D eigenvalue weighted by molar-refractivity contribution is 8.01. The number of thioether (sulfide) groups is 1. The van der Waals surface area contributed by atoms with E-state index in [1.54, 1.807) is 0 Å². The van der Waals surface area contributed by atoms with Crippen LogP contribution < -0.4 is 5.73 Å². The molecule has 0 fully saturated rings. The summed E-state index contributed by atoms with van der Waals surface area (Å²) >= 11 is 1.83. The summed E-state index contributed by atoms with van der Waals surface area (Å²) < 4.78 is 5.94. The molecule has 1 amide bonds. The fourth-order valence-electron chi connectivity index (χ4n) is 2.41. The minimum absolute atomic E-state index is 0.0627. The lowest BCUT2D eigenvalue weighted by molar-refractivity contribution is -0.118. The second kappa shape index (κ2) is 8.84. The summed E-state index contributed by atoms with van der Waals surface area (Å²) in [6.45, 7) is 15.2. The average Bonchev–Trinajstić information content (AvgIpc) is 2.36. The van der Waals surface area contributed by atoms with Crippen LogP contribution in [0.15, 0.2) is 0 Å². The molecule has 4 heteroatoms.